The number of hydrogen-bond donors (Lipinski definition) is 1. The lowest BCUT2D eigenvalue weighted by atomic mass is 9.88. The average Bonchev–Trinajstić information content (AvgIpc) is 2.97. The summed E-state index contributed by atoms with van der Waals surface area (Å²) in [5.41, 5.74) is 0.0217. The van der Waals surface area contributed by atoms with Crippen LogP contribution < -0.4 is 10.2 Å². The molecule has 0 unspecified atom stereocenters. The minimum absolute atomic E-state index is 0.0769. The molecule has 0 radical (unpaired) electrons. The molecule has 3 rings (SSSR count). The van der Waals surface area contributed by atoms with Crippen molar-refractivity contribution in [1.82, 2.24) is 25.1 Å². The summed E-state index contributed by atoms with van der Waals surface area (Å²) in [7, 11) is 7.42. The molecule has 9 nitrogen and oxygen atoms in total. The predicted octanol–water partition coefficient (Wildman–Crippen LogP) is -0.0356. The number of carbonyl (C=O) groups is 2. The topological polar surface area (TPSA) is 94.0 Å². The number of likely N-dealkylation sites (tertiary alicyclic amines) is 1. The highest BCUT2D eigenvalue weighted by Crippen LogP contribution is 2.30. The Hall–Kier alpha value is -2.97. The highest BCUT2D eigenvalue weighted by atomic mass is 16.2. The third-order valence-electron chi connectivity index (χ3n) is 4.77. The van der Waals surface area contributed by atoms with Crippen LogP contribution in [0.25, 0.3) is 6.08 Å². The quantitative estimate of drug-likeness (QED) is 0.750. The normalized spacial score (nSPS) is 18.6. The van der Waals surface area contributed by atoms with Crippen LogP contribution in [0.15, 0.2) is 23.5 Å². The molecule has 3 heterocycles. The molecule has 0 aromatic carbocycles. The summed E-state index contributed by atoms with van der Waals surface area (Å²) in [6.45, 7) is 0.994. The minimum Gasteiger partial charge on any atom is -0.349 e. The van der Waals surface area contributed by atoms with Crippen molar-refractivity contribution in [3.05, 3.63) is 24.0 Å². The van der Waals surface area contributed by atoms with E-state index >= 15 is 0 Å². The van der Waals surface area contributed by atoms with E-state index in [4.69, 9.17) is 0 Å². The second-order valence-corrected chi connectivity index (χ2v) is 7.18. The summed E-state index contributed by atoms with van der Waals surface area (Å²) in [6.07, 6.45) is 7.63. The van der Waals surface area contributed by atoms with Gasteiger partial charge in [-0.05, 0) is 18.9 Å². The number of rotatable bonds is 3. The van der Waals surface area contributed by atoms with Gasteiger partial charge in [-0.15, -0.1) is 0 Å². The highest BCUT2D eigenvalue weighted by Gasteiger charge is 2.46. The standard InChI is InChI=1S/C18H25N7O2/c1-23(2)16-19-11-13(12-20-16)5-6-14(26)25-9-7-18(8-10-25)15(27)21-17(22-18)24(3)4/h5-6,11-12H,7-10H2,1-4H3,(H,21,22,27)/b6-5+. The molecule has 1 aromatic heterocycles. The Morgan fingerprint density at radius 2 is 1.78 bits per heavy atom. The van der Waals surface area contributed by atoms with E-state index in [1.165, 1.54) is 6.08 Å². The van der Waals surface area contributed by atoms with Crippen LogP contribution in [0.1, 0.15) is 18.4 Å². The molecule has 0 atom stereocenters. The summed E-state index contributed by atoms with van der Waals surface area (Å²) in [5, 5.41) is 2.82. The number of amides is 2. The summed E-state index contributed by atoms with van der Waals surface area (Å²) in [6, 6.07) is 0. The van der Waals surface area contributed by atoms with E-state index < -0.39 is 5.54 Å². The van der Waals surface area contributed by atoms with Gasteiger partial charge in [0.2, 0.25) is 17.8 Å². The van der Waals surface area contributed by atoms with Crippen molar-refractivity contribution in [1.29, 1.82) is 0 Å². The SMILES string of the molecule is CN(C)C1=NC2(CCN(C(=O)/C=C/c3cnc(N(C)C)nc3)CC2)C(=O)N1. The number of anilines is 1. The summed E-state index contributed by atoms with van der Waals surface area (Å²) in [4.78, 5) is 43.2. The number of aromatic nitrogens is 2. The van der Waals surface area contributed by atoms with Gasteiger partial charge in [-0.25, -0.2) is 15.0 Å². The molecule has 27 heavy (non-hydrogen) atoms. The van der Waals surface area contributed by atoms with E-state index in [9.17, 15) is 9.59 Å². The lowest BCUT2D eigenvalue weighted by Crippen LogP contribution is -2.50. The first-order valence-corrected chi connectivity index (χ1v) is 8.86. The smallest absolute Gasteiger partial charge is 0.254 e. The van der Waals surface area contributed by atoms with E-state index in [0.29, 0.717) is 37.8 Å². The van der Waals surface area contributed by atoms with Crippen LogP contribution in [0.3, 0.4) is 0 Å². The van der Waals surface area contributed by atoms with Crippen molar-refractivity contribution in [2.45, 2.75) is 18.4 Å². The molecule has 1 saturated heterocycles. The van der Waals surface area contributed by atoms with Gasteiger partial charge in [0.1, 0.15) is 5.54 Å². The maximum absolute atomic E-state index is 12.4. The molecule has 1 spiro atoms. The number of hydrogen-bond acceptors (Lipinski definition) is 7. The molecule has 1 aromatic rings. The third-order valence-corrected chi connectivity index (χ3v) is 4.77. The van der Waals surface area contributed by atoms with Gasteiger partial charge in [0.25, 0.3) is 5.91 Å². The monoisotopic (exact) mass is 371 g/mol. The van der Waals surface area contributed by atoms with Crippen molar-refractivity contribution in [3.63, 3.8) is 0 Å². The van der Waals surface area contributed by atoms with Crippen molar-refractivity contribution >= 4 is 29.8 Å². The largest absolute Gasteiger partial charge is 0.349 e. The Balaban J connectivity index is 1.59. The number of piperidine rings is 1. The average molecular weight is 371 g/mol. The first-order valence-electron chi connectivity index (χ1n) is 8.86. The van der Waals surface area contributed by atoms with Gasteiger partial charge >= 0.3 is 0 Å². The maximum atomic E-state index is 12.4. The van der Waals surface area contributed by atoms with Crippen LogP contribution in [0.2, 0.25) is 0 Å². The van der Waals surface area contributed by atoms with Gasteiger partial charge in [0, 0.05) is 65.3 Å². The van der Waals surface area contributed by atoms with Gasteiger partial charge < -0.3 is 14.7 Å². The lowest BCUT2D eigenvalue weighted by Gasteiger charge is -2.34. The van der Waals surface area contributed by atoms with Gasteiger partial charge in [0.05, 0.1) is 0 Å². The van der Waals surface area contributed by atoms with Gasteiger partial charge in [0.15, 0.2) is 0 Å². The Kier molecular flexibility index (Phi) is 5.11. The maximum Gasteiger partial charge on any atom is 0.254 e. The number of nitrogens with one attached hydrogen (secondary N) is 1. The Morgan fingerprint density at radius 1 is 1.15 bits per heavy atom. The fourth-order valence-corrected chi connectivity index (χ4v) is 3.07. The van der Waals surface area contributed by atoms with Crippen LogP contribution in [0.4, 0.5) is 5.95 Å². The van der Waals surface area contributed by atoms with E-state index in [-0.39, 0.29) is 11.8 Å². The molecular weight excluding hydrogens is 346 g/mol. The first kappa shape index (κ1) is 18.8. The van der Waals surface area contributed by atoms with Crippen molar-refractivity contribution in [2.75, 3.05) is 46.2 Å². The van der Waals surface area contributed by atoms with Crippen LogP contribution in [-0.2, 0) is 9.59 Å². The first-order chi connectivity index (χ1) is 12.8. The van der Waals surface area contributed by atoms with E-state index in [1.807, 2.05) is 33.1 Å². The second kappa shape index (κ2) is 7.34. The molecule has 1 N–H and O–H groups in total. The number of aliphatic imine (C=N–C) groups is 1. The van der Waals surface area contributed by atoms with E-state index in [1.54, 1.807) is 28.3 Å². The van der Waals surface area contributed by atoms with Crippen LogP contribution >= 0.6 is 0 Å². The highest BCUT2D eigenvalue weighted by molar-refractivity contribution is 6.07. The summed E-state index contributed by atoms with van der Waals surface area (Å²) in [5.74, 6) is 1.04. The van der Waals surface area contributed by atoms with Crippen molar-refractivity contribution in [3.8, 4) is 0 Å². The Morgan fingerprint density at radius 3 is 2.30 bits per heavy atom. The summed E-state index contributed by atoms with van der Waals surface area (Å²) < 4.78 is 0. The van der Waals surface area contributed by atoms with Crippen molar-refractivity contribution in [2.24, 2.45) is 4.99 Å². The molecule has 9 heteroatoms. The number of nitrogens with zero attached hydrogens (tertiary/aromatic N) is 6. The van der Waals surface area contributed by atoms with Crippen molar-refractivity contribution < 1.29 is 9.59 Å². The van der Waals surface area contributed by atoms with E-state index in [2.05, 4.69) is 20.3 Å². The Labute approximate surface area is 158 Å². The molecule has 144 valence electrons. The second-order valence-electron chi connectivity index (χ2n) is 7.18. The molecule has 0 bridgehead atoms. The summed E-state index contributed by atoms with van der Waals surface area (Å²) >= 11 is 0. The Bertz CT molecular complexity index is 775. The molecule has 1 fully saturated rings. The van der Waals surface area contributed by atoms with Crippen LogP contribution in [0.5, 0.6) is 0 Å². The molecule has 0 saturated carbocycles. The van der Waals surface area contributed by atoms with Gasteiger partial charge in [-0.2, -0.15) is 0 Å². The molecular formula is C18H25N7O2. The fourth-order valence-electron chi connectivity index (χ4n) is 3.07. The van der Waals surface area contributed by atoms with Gasteiger partial charge in [-0.1, -0.05) is 0 Å². The molecule has 2 aliphatic rings. The zero-order valence-corrected chi connectivity index (χ0v) is 16.1. The predicted molar refractivity (Wildman–Crippen MR) is 103 cm³/mol. The zero-order valence-electron chi connectivity index (χ0n) is 16.1. The van der Waals surface area contributed by atoms with Gasteiger partial charge in [-0.3, -0.25) is 14.9 Å². The third kappa shape index (κ3) is 3.91. The lowest BCUT2D eigenvalue weighted by molar-refractivity contribution is -0.131. The fraction of sp³-hybridized carbons (Fsp3) is 0.500. The number of carbonyl (C=O) groups excluding carboxylic acids is 2. The number of guanidine groups is 1. The van der Waals surface area contributed by atoms with Crippen LogP contribution in [0, 0.1) is 0 Å². The van der Waals surface area contributed by atoms with Crippen LogP contribution in [-0.4, -0.2) is 84.4 Å². The van der Waals surface area contributed by atoms with E-state index in [0.717, 1.165) is 5.56 Å². The minimum atomic E-state index is -0.740. The molecule has 2 aliphatic heterocycles. The molecule has 0 aliphatic carbocycles. The molecule has 2 amide bonds. The zero-order chi connectivity index (χ0) is 19.6.